The summed E-state index contributed by atoms with van der Waals surface area (Å²) in [5, 5.41) is 13.7. The number of hydrogen-bond donors (Lipinski definition) is 1. The molecule has 2 aromatic rings. The lowest BCUT2D eigenvalue weighted by atomic mass is 10.1. The van der Waals surface area contributed by atoms with Gasteiger partial charge in [0.1, 0.15) is 6.20 Å². The van der Waals surface area contributed by atoms with Gasteiger partial charge in [-0.25, -0.2) is 4.98 Å². The lowest BCUT2D eigenvalue weighted by molar-refractivity contribution is -0.384. The van der Waals surface area contributed by atoms with E-state index in [-0.39, 0.29) is 16.8 Å². The molecule has 1 aromatic carbocycles. The molecule has 6 nitrogen and oxygen atoms in total. The van der Waals surface area contributed by atoms with Gasteiger partial charge in [-0.05, 0) is 24.1 Å². The van der Waals surface area contributed by atoms with Crippen LogP contribution in [0.3, 0.4) is 0 Å². The van der Waals surface area contributed by atoms with Crippen LogP contribution in [0.1, 0.15) is 11.1 Å². The van der Waals surface area contributed by atoms with Crippen molar-refractivity contribution in [3.8, 4) is 0 Å². The van der Waals surface area contributed by atoms with E-state index < -0.39 is 4.92 Å². The van der Waals surface area contributed by atoms with Crippen molar-refractivity contribution in [2.75, 3.05) is 5.32 Å². The van der Waals surface area contributed by atoms with Crippen LogP contribution in [0.25, 0.3) is 0 Å². The molecule has 0 atom stereocenters. The highest BCUT2D eigenvalue weighted by Crippen LogP contribution is 2.22. The van der Waals surface area contributed by atoms with Gasteiger partial charge in [-0.3, -0.25) is 10.1 Å². The molecule has 0 fully saturated rings. The summed E-state index contributed by atoms with van der Waals surface area (Å²) in [7, 11) is 0. The predicted octanol–water partition coefficient (Wildman–Crippen LogP) is 2.96. The van der Waals surface area contributed by atoms with Crippen LogP contribution in [0.4, 0.5) is 11.5 Å². The summed E-state index contributed by atoms with van der Waals surface area (Å²) in [5.74, 6) is 0.116. The smallest absolute Gasteiger partial charge is 0.329 e. The number of benzene rings is 1. The molecule has 0 unspecified atom stereocenters. The van der Waals surface area contributed by atoms with Gasteiger partial charge in [-0.2, -0.15) is 4.98 Å². The zero-order chi connectivity index (χ0) is 13.8. The number of aryl methyl sites for hydroxylation is 1. The van der Waals surface area contributed by atoms with E-state index >= 15 is 0 Å². The van der Waals surface area contributed by atoms with E-state index in [1.54, 1.807) is 0 Å². The van der Waals surface area contributed by atoms with E-state index in [1.807, 2.05) is 31.2 Å². The Morgan fingerprint density at radius 1 is 1.37 bits per heavy atom. The van der Waals surface area contributed by atoms with E-state index in [0.29, 0.717) is 6.54 Å². The van der Waals surface area contributed by atoms with Crippen molar-refractivity contribution >= 4 is 23.1 Å². The Kier molecular flexibility index (Phi) is 3.91. The summed E-state index contributed by atoms with van der Waals surface area (Å²) in [4.78, 5) is 17.7. The van der Waals surface area contributed by atoms with Crippen molar-refractivity contribution in [1.29, 1.82) is 0 Å². The maximum atomic E-state index is 10.8. The SMILES string of the molecule is Cc1ccc(CNc2nc(Cl)ncc2[N+](=O)[O-])cc1. The standard InChI is InChI=1S/C12H11ClN4O2/c1-8-2-4-9(5-3-8)6-14-11-10(17(18)19)7-15-12(13)16-11/h2-5,7H,6H2,1H3,(H,14,15,16). The van der Waals surface area contributed by atoms with Crippen LogP contribution < -0.4 is 5.32 Å². The van der Waals surface area contributed by atoms with Crippen molar-refractivity contribution in [1.82, 2.24) is 9.97 Å². The van der Waals surface area contributed by atoms with Crippen LogP contribution in [-0.2, 0) is 6.54 Å². The summed E-state index contributed by atoms with van der Waals surface area (Å²) in [5.41, 5.74) is 1.95. The number of nitro groups is 1. The second kappa shape index (κ2) is 5.62. The van der Waals surface area contributed by atoms with Crippen LogP contribution in [-0.4, -0.2) is 14.9 Å². The second-order valence-electron chi connectivity index (χ2n) is 3.97. The number of anilines is 1. The van der Waals surface area contributed by atoms with E-state index in [4.69, 9.17) is 11.6 Å². The minimum absolute atomic E-state index is 0.0305. The highest BCUT2D eigenvalue weighted by molar-refractivity contribution is 6.28. The minimum Gasteiger partial charge on any atom is -0.360 e. The molecule has 7 heteroatoms. The maximum Gasteiger partial charge on any atom is 0.329 e. The third-order valence-electron chi connectivity index (χ3n) is 2.52. The molecule has 0 bridgehead atoms. The summed E-state index contributed by atoms with van der Waals surface area (Å²) < 4.78 is 0. The van der Waals surface area contributed by atoms with Crippen molar-refractivity contribution in [3.63, 3.8) is 0 Å². The normalized spacial score (nSPS) is 10.2. The summed E-state index contributed by atoms with van der Waals surface area (Å²) in [6, 6.07) is 7.82. The molecule has 1 N–H and O–H groups in total. The first-order chi connectivity index (χ1) is 9.06. The van der Waals surface area contributed by atoms with Crippen LogP contribution in [0.15, 0.2) is 30.5 Å². The van der Waals surface area contributed by atoms with E-state index in [1.165, 1.54) is 0 Å². The van der Waals surface area contributed by atoms with Crippen LogP contribution >= 0.6 is 11.6 Å². The van der Waals surface area contributed by atoms with Crippen molar-refractivity contribution < 1.29 is 4.92 Å². The van der Waals surface area contributed by atoms with Crippen molar-refractivity contribution in [3.05, 3.63) is 57.0 Å². The first-order valence-electron chi connectivity index (χ1n) is 5.52. The van der Waals surface area contributed by atoms with E-state index in [0.717, 1.165) is 17.3 Å². The molecule has 2 rings (SSSR count). The molecule has 0 aliphatic carbocycles. The molecular weight excluding hydrogens is 268 g/mol. The largest absolute Gasteiger partial charge is 0.360 e. The average Bonchev–Trinajstić information content (AvgIpc) is 2.38. The quantitative estimate of drug-likeness (QED) is 0.528. The molecule has 0 radical (unpaired) electrons. The number of aromatic nitrogens is 2. The van der Waals surface area contributed by atoms with Crippen LogP contribution in [0, 0.1) is 17.0 Å². The number of halogens is 1. The van der Waals surface area contributed by atoms with Gasteiger partial charge in [0.15, 0.2) is 0 Å². The van der Waals surface area contributed by atoms with Gasteiger partial charge in [0, 0.05) is 6.54 Å². The monoisotopic (exact) mass is 278 g/mol. The summed E-state index contributed by atoms with van der Waals surface area (Å²) in [6.07, 6.45) is 1.09. The van der Waals surface area contributed by atoms with Gasteiger partial charge in [0.2, 0.25) is 11.1 Å². The fourth-order valence-electron chi connectivity index (χ4n) is 1.51. The Morgan fingerprint density at radius 3 is 2.68 bits per heavy atom. The highest BCUT2D eigenvalue weighted by Gasteiger charge is 2.16. The van der Waals surface area contributed by atoms with Gasteiger partial charge < -0.3 is 5.32 Å². The molecule has 0 saturated heterocycles. The average molecular weight is 279 g/mol. The third-order valence-corrected chi connectivity index (χ3v) is 2.70. The molecule has 1 aromatic heterocycles. The molecule has 0 amide bonds. The fourth-order valence-corrected chi connectivity index (χ4v) is 1.64. The molecular formula is C12H11ClN4O2. The zero-order valence-electron chi connectivity index (χ0n) is 10.1. The third kappa shape index (κ3) is 3.38. The highest BCUT2D eigenvalue weighted by atomic mass is 35.5. The topological polar surface area (TPSA) is 81.0 Å². The van der Waals surface area contributed by atoms with Crippen LogP contribution in [0.5, 0.6) is 0 Å². The van der Waals surface area contributed by atoms with E-state index in [2.05, 4.69) is 15.3 Å². The minimum atomic E-state index is -0.548. The van der Waals surface area contributed by atoms with Gasteiger partial charge >= 0.3 is 5.69 Å². The van der Waals surface area contributed by atoms with Gasteiger partial charge in [-0.1, -0.05) is 29.8 Å². The number of hydrogen-bond acceptors (Lipinski definition) is 5. The Labute approximate surface area is 114 Å². The molecule has 0 saturated carbocycles. The zero-order valence-corrected chi connectivity index (χ0v) is 10.9. The number of nitrogens with one attached hydrogen (secondary N) is 1. The Balaban J connectivity index is 2.16. The maximum absolute atomic E-state index is 10.8. The first-order valence-corrected chi connectivity index (χ1v) is 5.90. The molecule has 1 heterocycles. The summed E-state index contributed by atoms with van der Waals surface area (Å²) >= 11 is 5.64. The van der Waals surface area contributed by atoms with E-state index in [9.17, 15) is 10.1 Å². The van der Waals surface area contributed by atoms with Gasteiger partial charge in [0.25, 0.3) is 0 Å². The molecule has 19 heavy (non-hydrogen) atoms. The lowest BCUT2D eigenvalue weighted by Crippen LogP contribution is -2.05. The molecule has 0 aliphatic heterocycles. The summed E-state index contributed by atoms with van der Waals surface area (Å²) in [6.45, 7) is 2.42. The Morgan fingerprint density at radius 2 is 2.05 bits per heavy atom. The number of nitrogens with zero attached hydrogens (tertiary/aromatic N) is 3. The Bertz CT molecular complexity index is 601. The second-order valence-corrected chi connectivity index (χ2v) is 4.31. The van der Waals surface area contributed by atoms with Crippen molar-refractivity contribution in [2.45, 2.75) is 13.5 Å². The lowest BCUT2D eigenvalue weighted by Gasteiger charge is -2.06. The molecule has 98 valence electrons. The van der Waals surface area contributed by atoms with Gasteiger partial charge in [-0.15, -0.1) is 0 Å². The van der Waals surface area contributed by atoms with Crippen molar-refractivity contribution in [2.24, 2.45) is 0 Å². The fraction of sp³-hybridized carbons (Fsp3) is 0.167. The van der Waals surface area contributed by atoms with Gasteiger partial charge in [0.05, 0.1) is 4.92 Å². The predicted molar refractivity (Wildman–Crippen MR) is 72.2 cm³/mol. The molecule has 0 aliphatic rings. The Hall–Kier alpha value is -2.21. The number of rotatable bonds is 4. The molecule has 0 spiro atoms. The van der Waals surface area contributed by atoms with Crippen LogP contribution in [0.2, 0.25) is 5.28 Å². The first kappa shape index (κ1) is 13.2.